The number of halogens is 2. The summed E-state index contributed by atoms with van der Waals surface area (Å²) in [7, 11) is 1.95. The molecule has 118 valence electrons. The summed E-state index contributed by atoms with van der Waals surface area (Å²) in [5.41, 5.74) is 0. The Balaban J connectivity index is 1.97. The Bertz CT molecular complexity index is 440. The van der Waals surface area contributed by atoms with Crippen LogP contribution in [0.2, 0.25) is 10.0 Å². The van der Waals surface area contributed by atoms with Crippen molar-refractivity contribution in [2.24, 2.45) is 0 Å². The van der Waals surface area contributed by atoms with E-state index in [4.69, 9.17) is 32.7 Å². The lowest BCUT2D eigenvalue weighted by Crippen LogP contribution is -2.43. The van der Waals surface area contributed by atoms with E-state index in [1.807, 2.05) is 13.1 Å². The quantitative estimate of drug-likeness (QED) is 0.832. The van der Waals surface area contributed by atoms with Gasteiger partial charge in [0.2, 0.25) is 0 Å². The molecule has 1 heterocycles. The molecule has 1 aromatic rings. The van der Waals surface area contributed by atoms with E-state index in [1.165, 1.54) is 0 Å². The van der Waals surface area contributed by atoms with Gasteiger partial charge >= 0.3 is 0 Å². The van der Waals surface area contributed by atoms with Crippen LogP contribution in [0.15, 0.2) is 18.2 Å². The van der Waals surface area contributed by atoms with Gasteiger partial charge in [0.05, 0.1) is 18.2 Å². The summed E-state index contributed by atoms with van der Waals surface area (Å²) >= 11 is 12.1. The molecule has 2 rings (SSSR count). The van der Waals surface area contributed by atoms with Gasteiger partial charge in [-0.05, 0) is 38.2 Å². The predicted molar refractivity (Wildman–Crippen MR) is 86.7 cm³/mol. The Morgan fingerprint density at radius 1 is 1.33 bits per heavy atom. The topological polar surface area (TPSA) is 33.7 Å². The number of benzene rings is 1. The standard InChI is InChI=1S/C15H22Cl2N2O2/c1-18-5-4-13(11-19-6-8-20-9-7-19)21-15-3-2-12(16)10-14(15)17/h2-3,10,13,18H,4-9,11H2,1H3. The fraction of sp³-hybridized carbons (Fsp3) is 0.600. The van der Waals surface area contributed by atoms with Crippen LogP contribution in [0.25, 0.3) is 0 Å². The van der Waals surface area contributed by atoms with E-state index in [1.54, 1.807) is 12.1 Å². The summed E-state index contributed by atoms with van der Waals surface area (Å²) in [5, 5.41) is 4.34. The summed E-state index contributed by atoms with van der Waals surface area (Å²) in [5.74, 6) is 0.690. The van der Waals surface area contributed by atoms with Crippen LogP contribution in [0, 0.1) is 0 Å². The van der Waals surface area contributed by atoms with Crippen LogP contribution in [-0.4, -0.2) is 57.4 Å². The van der Waals surface area contributed by atoms with Crippen molar-refractivity contribution in [1.29, 1.82) is 0 Å². The second-order valence-electron chi connectivity index (χ2n) is 5.12. The highest BCUT2D eigenvalue weighted by Crippen LogP contribution is 2.28. The molecule has 4 nitrogen and oxygen atoms in total. The second-order valence-corrected chi connectivity index (χ2v) is 5.96. The Morgan fingerprint density at radius 3 is 2.76 bits per heavy atom. The molecule has 1 aliphatic heterocycles. The molecule has 0 aromatic heterocycles. The lowest BCUT2D eigenvalue weighted by atomic mass is 10.2. The van der Waals surface area contributed by atoms with Crippen LogP contribution in [0.1, 0.15) is 6.42 Å². The Morgan fingerprint density at radius 2 is 2.10 bits per heavy atom. The van der Waals surface area contributed by atoms with Gasteiger partial charge in [0.25, 0.3) is 0 Å². The first-order valence-corrected chi connectivity index (χ1v) is 8.01. The molecule has 21 heavy (non-hydrogen) atoms. The van der Waals surface area contributed by atoms with Gasteiger partial charge in [0.1, 0.15) is 11.9 Å². The largest absolute Gasteiger partial charge is 0.487 e. The third kappa shape index (κ3) is 5.64. The van der Waals surface area contributed by atoms with Gasteiger partial charge in [0, 0.05) is 24.7 Å². The molecule has 1 aliphatic rings. The Kier molecular flexibility index (Phi) is 7.07. The lowest BCUT2D eigenvalue weighted by Gasteiger charge is -2.31. The van der Waals surface area contributed by atoms with Crippen molar-refractivity contribution in [2.75, 3.05) is 46.4 Å². The predicted octanol–water partition coefficient (Wildman–Crippen LogP) is 2.68. The highest BCUT2D eigenvalue weighted by molar-refractivity contribution is 6.35. The molecule has 0 bridgehead atoms. The fourth-order valence-electron chi connectivity index (χ4n) is 2.31. The monoisotopic (exact) mass is 332 g/mol. The first kappa shape index (κ1) is 16.8. The van der Waals surface area contributed by atoms with Crippen LogP contribution < -0.4 is 10.1 Å². The smallest absolute Gasteiger partial charge is 0.138 e. The number of morpholine rings is 1. The van der Waals surface area contributed by atoms with Crippen LogP contribution in [-0.2, 0) is 4.74 Å². The molecule has 0 aliphatic carbocycles. The molecule has 0 spiro atoms. The van der Waals surface area contributed by atoms with Crippen molar-refractivity contribution in [3.63, 3.8) is 0 Å². The van der Waals surface area contributed by atoms with Crippen LogP contribution in [0.3, 0.4) is 0 Å². The minimum atomic E-state index is 0.0919. The average Bonchev–Trinajstić information content (AvgIpc) is 2.48. The van der Waals surface area contributed by atoms with E-state index in [0.29, 0.717) is 15.8 Å². The van der Waals surface area contributed by atoms with Gasteiger partial charge < -0.3 is 14.8 Å². The average molecular weight is 333 g/mol. The van der Waals surface area contributed by atoms with E-state index in [-0.39, 0.29) is 6.10 Å². The van der Waals surface area contributed by atoms with Crippen molar-refractivity contribution >= 4 is 23.2 Å². The molecule has 0 saturated carbocycles. The number of ether oxygens (including phenoxy) is 2. The van der Waals surface area contributed by atoms with E-state index >= 15 is 0 Å². The van der Waals surface area contributed by atoms with Gasteiger partial charge in [-0.25, -0.2) is 0 Å². The third-order valence-corrected chi connectivity index (χ3v) is 4.00. The summed E-state index contributed by atoms with van der Waals surface area (Å²) in [6.45, 7) is 5.27. The maximum absolute atomic E-state index is 6.19. The van der Waals surface area contributed by atoms with Crippen LogP contribution in [0.5, 0.6) is 5.75 Å². The highest BCUT2D eigenvalue weighted by atomic mass is 35.5. The first-order chi connectivity index (χ1) is 10.2. The lowest BCUT2D eigenvalue weighted by molar-refractivity contribution is 0.0181. The molecule has 6 heteroatoms. The zero-order chi connectivity index (χ0) is 15.1. The summed E-state index contributed by atoms with van der Waals surface area (Å²) in [6, 6.07) is 5.34. The SMILES string of the molecule is CNCCC(CN1CCOCC1)Oc1ccc(Cl)cc1Cl. The van der Waals surface area contributed by atoms with Crippen molar-refractivity contribution in [1.82, 2.24) is 10.2 Å². The number of hydrogen-bond acceptors (Lipinski definition) is 4. The normalized spacial score (nSPS) is 17.7. The Labute approximate surface area is 136 Å². The van der Waals surface area contributed by atoms with Gasteiger partial charge in [0.15, 0.2) is 0 Å². The third-order valence-electron chi connectivity index (χ3n) is 3.47. The first-order valence-electron chi connectivity index (χ1n) is 7.25. The molecular formula is C15H22Cl2N2O2. The molecule has 1 atom stereocenters. The maximum Gasteiger partial charge on any atom is 0.138 e. The summed E-state index contributed by atoms with van der Waals surface area (Å²) in [6.07, 6.45) is 1.02. The fourth-order valence-corrected chi connectivity index (χ4v) is 2.77. The molecule has 1 unspecified atom stereocenters. The maximum atomic E-state index is 6.19. The summed E-state index contributed by atoms with van der Waals surface area (Å²) in [4.78, 5) is 2.37. The molecular weight excluding hydrogens is 311 g/mol. The minimum Gasteiger partial charge on any atom is -0.487 e. The van der Waals surface area contributed by atoms with E-state index in [0.717, 1.165) is 45.8 Å². The molecule has 1 fully saturated rings. The molecule has 0 radical (unpaired) electrons. The number of nitrogens with one attached hydrogen (secondary N) is 1. The zero-order valence-corrected chi connectivity index (χ0v) is 13.8. The van der Waals surface area contributed by atoms with Crippen LogP contribution >= 0.6 is 23.2 Å². The van der Waals surface area contributed by atoms with Crippen molar-refractivity contribution < 1.29 is 9.47 Å². The molecule has 1 aromatic carbocycles. The van der Waals surface area contributed by atoms with E-state index in [9.17, 15) is 0 Å². The van der Waals surface area contributed by atoms with Crippen molar-refractivity contribution in [3.05, 3.63) is 28.2 Å². The number of rotatable bonds is 7. The van der Waals surface area contributed by atoms with Gasteiger partial charge in [-0.15, -0.1) is 0 Å². The zero-order valence-electron chi connectivity index (χ0n) is 12.3. The Hall–Kier alpha value is -0.520. The van der Waals surface area contributed by atoms with Gasteiger partial charge in [-0.2, -0.15) is 0 Å². The molecule has 0 amide bonds. The highest BCUT2D eigenvalue weighted by Gasteiger charge is 2.19. The number of hydrogen-bond donors (Lipinski definition) is 1. The van der Waals surface area contributed by atoms with E-state index in [2.05, 4.69) is 10.2 Å². The second kappa shape index (κ2) is 8.81. The van der Waals surface area contributed by atoms with Gasteiger partial charge in [-0.1, -0.05) is 23.2 Å². The minimum absolute atomic E-state index is 0.0919. The number of nitrogens with zero attached hydrogens (tertiary/aromatic N) is 1. The molecule has 1 N–H and O–H groups in total. The van der Waals surface area contributed by atoms with Crippen LogP contribution in [0.4, 0.5) is 0 Å². The summed E-state index contributed by atoms with van der Waals surface area (Å²) < 4.78 is 11.5. The van der Waals surface area contributed by atoms with Gasteiger partial charge in [-0.3, -0.25) is 4.90 Å². The molecule has 1 saturated heterocycles. The van der Waals surface area contributed by atoms with E-state index < -0.39 is 0 Å². The van der Waals surface area contributed by atoms with Crippen molar-refractivity contribution in [2.45, 2.75) is 12.5 Å². The van der Waals surface area contributed by atoms with Crippen molar-refractivity contribution in [3.8, 4) is 5.75 Å².